The van der Waals surface area contributed by atoms with E-state index in [1.807, 2.05) is 12.1 Å². The Labute approximate surface area is 120 Å². The molecule has 0 aliphatic rings. The first-order valence-electron chi connectivity index (χ1n) is 6.08. The minimum atomic E-state index is -0.172. The Kier molecular flexibility index (Phi) is 4.93. The van der Waals surface area contributed by atoms with Crippen LogP contribution in [0.2, 0.25) is 0 Å². The standard InChI is InChI=1S/C15H15BrFNO/c16-13-5-6-15(19)12(9-13)10-18-8-7-11-3-1-2-4-14(11)17/h1-6,9,18-19H,7-8,10H2. The first-order valence-corrected chi connectivity index (χ1v) is 6.87. The van der Waals surface area contributed by atoms with Crippen molar-refractivity contribution in [1.82, 2.24) is 5.32 Å². The van der Waals surface area contributed by atoms with Gasteiger partial charge in [-0.2, -0.15) is 0 Å². The molecule has 0 atom stereocenters. The average molecular weight is 324 g/mol. The van der Waals surface area contributed by atoms with Crippen LogP contribution in [0, 0.1) is 5.82 Å². The molecule has 0 saturated heterocycles. The summed E-state index contributed by atoms with van der Waals surface area (Å²) in [6.45, 7) is 1.21. The summed E-state index contributed by atoms with van der Waals surface area (Å²) in [5.74, 6) is 0.0937. The monoisotopic (exact) mass is 323 g/mol. The fraction of sp³-hybridized carbons (Fsp3) is 0.200. The zero-order valence-electron chi connectivity index (χ0n) is 10.4. The summed E-state index contributed by atoms with van der Waals surface area (Å²) < 4.78 is 14.3. The first kappa shape index (κ1) is 14.0. The van der Waals surface area contributed by atoms with E-state index in [4.69, 9.17) is 0 Å². The highest BCUT2D eigenvalue weighted by atomic mass is 79.9. The third-order valence-electron chi connectivity index (χ3n) is 2.89. The number of hydrogen-bond acceptors (Lipinski definition) is 2. The minimum absolute atomic E-state index is 0.172. The number of rotatable bonds is 5. The summed E-state index contributed by atoms with van der Waals surface area (Å²) in [5.41, 5.74) is 1.52. The summed E-state index contributed by atoms with van der Waals surface area (Å²) in [7, 11) is 0. The molecule has 0 aliphatic heterocycles. The molecular formula is C15H15BrFNO. The second-order valence-electron chi connectivity index (χ2n) is 4.29. The number of phenols is 1. The largest absolute Gasteiger partial charge is 0.508 e. The van der Waals surface area contributed by atoms with Crippen molar-refractivity contribution in [3.05, 3.63) is 63.9 Å². The van der Waals surface area contributed by atoms with Crippen molar-refractivity contribution >= 4 is 15.9 Å². The van der Waals surface area contributed by atoms with Crippen molar-refractivity contribution in [1.29, 1.82) is 0 Å². The van der Waals surface area contributed by atoms with Gasteiger partial charge in [-0.3, -0.25) is 0 Å². The third kappa shape index (κ3) is 4.04. The fourth-order valence-corrected chi connectivity index (χ4v) is 2.25. The number of hydrogen-bond donors (Lipinski definition) is 2. The van der Waals surface area contributed by atoms with Crippen LogP contribution in [0.15, 0.2) is 46.9 Å². The Bertz CT molecular complexity index is 560. The van der Waals surface area contributed by atoms with Gasteiger partial charge in [0.2, 0.25) is 0 Å². The highest BCUT2D eigenvalue weighted by Gasteiger charge is 2.03. The van der Waals surface area contributed by atoms with E-state index in [1.165, 1.54) is 6.07 Å². The predicted octanol–water partition coefficient (Wildman–Crippen LogP) is 3.63. The van der Waals surface area contributed by atoms with Crippen molar-refractivity contribution in [3.63, 3.8) is 0 Å². The van der Waals surface area contributed by atoms with Crippen LogP contribution in [-0.4, -0.2) is 11.7 Å². The Hall–Kier alpha value is -1.39. The molecule has 0 unspecified atom stereocenters. The summed E-state index contributed by atoms with van der Waals surface area (Å²) in [6.07, 6.45) is 0.626. The van der Waals surface area contributed by atoms with Gasteiger partial charge in [0, 0.05) is 16.6 Å². The topological polar surface area (TPSA) is 32.3 Å². The second-order valence-corrected chi connectivity index (χ2v) is 5.21. The Morgan fingerprint density at radius 1 is 1.11 bits per heavy atom. The molecule has 2 N–H and O–H groups in total. The van der Waals surface area contributed by atoms with Crippen LogP contribution in [0.1, 0.15) is 11.1 Å². The van der Waals surface area contributed by atoms with Crippen LogP contribution in [0.4, 0.5) is 4.39 Å². The molecule has 0 saturated carbocycles. The molecule has 0 bridgehead atoms. The molecule has 0 spiro atoms. The van der Waals surface area contributed by atoms with Gasteiger partial charge in [0.15, 0.2) is 0 Å². The molecule has 0 aliphatic carbocycles. The SMILES string of the molecule is Oc1ccc(Br)cc1CNCCc1ccccc1F. The van der Waals surface area contributed by atoms with Crippen molar-refractivity contribution < 1.29 is 9.50 Å². The summed E-state index contributed by atoms with van der Waals surface area (Å²) in [6, 6.07) is 12.1. The van der Waals surface area contributed by atoms with E-state index in [0.29, 0.717) is 25.1 Å². The van der Waals surface area contributed by atoms with E-state index in [2.05, 4.69) is 21.2 Å². The van der Waals surface area contributed by atoms with Crippen molar-refractivity contribution in [2.45, 2.75) is 13.0 Å². The normalized spacial score (nSPS) is 10.6. The quantitative estimate of drug-likeness (QED) is 0.823. The lowest BCUT2D eigenvalue weighted by atomic mass is 10.1. The van der Waals surface area contributed by atoms with Crippen LogP contribution in [0.5, 0.6) is 5.75 Å². The molecule has 100 valence electrons. The van der Waals surface area contributed by atoms with Crippen LogP contribution in [-0.2, 0) is 13.0 Å². The Morgan fingerprint density at radius 2 is 1.89 bits per heavy atom. The molecule has 0 radical (unpaired) electrons. The average Bonchev–Trinajstić information content (AvgIpc) is 2.40. The summed E-state index contributed by atoms with van der Waals surface area (Å²) in [4.78, 5) is 0. The van der Waals surface area contributed by atoms with Gasteiger partial charge in [-0.1, -0.05) is 34.1 Å². The molecule has 19 heavy (non-hydrogen) atoms. The van der Waals surface area contributed by atoms with Gasteiger partial charge in [-0.15, -0.1) is 0 Å². The third-order valence-corrected chi connectivity index (χ3v) is 3.38. The fourth-order valence-electron chi connectivity index (χ4n) is 1.84. The van der Waals surface area contributed by atoms with Gasteiger partial charge in [0.05, 0.1) is 0 Å². The Balaban J connectivity index is 1.84. The highest BCUT2D eigenvalue weighted by Crippen LogP contribution is 2.21. The van der Waals surface area contributed by atoms with Crippen LogP contribution < -0.4 is 5.32 Å². The second kappa shape index (κ2) is 6.68. The number of halogens is 2. The highest BCUT2D eigenvalue weighted by molar-refractivity contribution is 9.10. The number of phenolic OH excluding ortho intramolecular Hbond substituents is 1. The van der Waals surface area contributed by atoms with E-state index in [-0.39, 0.29) is 11.6 Å². The van der Waals surface area contributed by atoms with Gasteiger partial charge < -0.3 is 10.4 Å². The van der Waals surface area contributed by atoms with Crippen LogP contribution >= 0.6 is 15.9 Å². The van der Waals surface area contributed by atoms with Crippen molar-refractivity contribution in [3.8, 4) is 5.75 Å². The maximum atomic E-state index is 13.4. The molecule has 2 aromatic carbocycles. The van der Waals surface area contributed by atoms with E-state index >= 15 is 0 Å². The van der Waals surface area contributed by atoms with Crippen molar-refractivity contribution in [2.75, 3.05) is 6.54 Å². The van der Waals surface area contributed by atoms with E-state index in [0.717, 1.165) is 10.0 Å². The van der Waals surface area contributed by atoms with E-state index in [1.54, 1.807) is 24.3 Å². The van der Waals surface area contributed by atoms with Gasteiger partial charge in [-0.05, 0) is 42.8 Å². The van der Waals surface area contributed by atoms with Gasteiger partial charge in [-0.25, -0.2) is 4.39 Å². The maximum absolute atomic E-state index is 13.4. The lowest BCUT2D eigenvalue weighted by Crippen LogP contribution is -2.17. The predicted molar refractivity (Wildman–Crippen MR) is 77.6 cm³/mol. The van der Waals surface area contributed by atoms with Crippen LogP contribution in [0.25, 0.3) is 0 Å². The molecule has 0 fully saturated rings. The molecule has 0 heterocycles. The smallest absolute Gasteiger partial charge is 0.126 e. The minimum Gasteiger partial charge on any atom is -0.508 e. The number of benzene rings is 2. The molecule has 4 heteroatoms. The maximum Gasteiger partial charge on any atom is 0.126 e. The Morgan fingerprint density at radius 3 is 2.68 bits per heavy atom. The van der Waals surface area contributed by atoms with Crippen molar-refractivity contribution in [2.24, 2.45) is 0 Å². The first-order chi connectivity index (χ1) is 9.16. The lowest BCUT2D eigenvalue weighted by molar-refractivity contribution is 0.464. The van der Waals surface area contributed by atoms with Gasteiger partial charge >= 0.3 is 0 Å². The number of nitrogens with one attached hydrogen (secondary N) is 1. The summed E-state index contributed by atoms with van der Waals surface area (Å²) >= 11 is 3.36. The van der Waals surface area contributed by atoms with Gasteiger partial charge in [0.1, 0.15) is 11.6 Å². The molecule has 2 rings (SSSR count). The molecule has 0 aromatic heterocycles. The van der Waals surface area contributed by atoms with E-state index in [9.17, 15) is 9.50 Å². The molecular weight excluding hydrogens is 309 g/mol. The zero-order chi connectivity index (χ0) is 13.7. The molecule has 2 aromatic rings. The van der Waals surface area contributed by atoms with Crippen LogP contribution in [0.3, 0.4) is 0 Å². The lowest BCUT2D eigenvalue weighted by Gasteiger charge is -2.08. The number of aromatic hydroxyl groups is 1. The molecule has 0 amide bonds. The van der Waals surface area contributed by atoms with E-state index < -0.39 is 0 Å². The molecule has 2 nitrogen and oxygen atoms in total. The zero-order valence-corrected chi connectivity index (χ0v) is 12.0. The van der Waals surface area contributed by atoms with Gasteiger partial charge in [0.25, 0.3) is 0 Å². The summed E-state index contributed by atoms with van der Waals surface area (Å²) in [5, 5.41) is 12.9.